The monoisotopic (exact) mass is 426 g/mol. The third-order valence-electron chi connectivity index (χ3n) is 2.74. The number of ketones is 1. The molecule has 4 nitrogen and oxygen atoms in total. The van der Waals surface area contributed by atoms with Crippen molar-refractivity contribution < 1.29 is 66.1 Å². The molecule has 0 atom stereocenters. The predicted octanol–water partition coefficient (Wildman–Crippen LogP) is 3.51. The molecule has 1 aromatic carbocycles. The summed E-state index contributed by atoms with van der Waals surface area (Å²) in [6.45, 7) is 0. The fourth-order valence-electron chi connectivity index (χ4n) is 1.53. The molecule has 0 radical (unpaired) electrons. The fourth-order valence-corrected chi connectivity index (χ4v) is 2.29. The molecule has 0 saturated carbocycles. The van der Waals surface area contributed by atoms with Crippen LogP contribution < -0.4 is 0 Å². The van der Waals surface area contributed by atoms with Crippen molar-refractivity contribution in [2.24, 2.45) is 0 Å². The number of carbonyl (C=O) groups excluding carboxylic acids is 1. The van der Waals surface area contributed by atoms with E-state index in [0.29, 0.717) is 0 Å². The zero-order valence-corrected chi connectivity index (χ0v) is 12.1. The van der Waals surface area contributed by atoms with Gasteiger partial charge < -0.3 is 0 Å². The maximum absolute atomic E-state index is 13.5. The molecule has 1 aromatic rings. The summed E-state index contributed by atoms with van der Waals surface area (Å²) in [7, 11) is -6.41. The molecule has 148 valence electrons. The average molecular weight is 426 g/mol. The highest BCUT2D eigenvalue weighted by Crippen LogP contribution is 2.48. The Balaban J connectivity index is 3.97. The van der Waals surface area contributed by atoms with Gasteiger partial charge in [0.25, 0.3) is 10.1 Å². The SMILES string of the molecule is O=C(c1c(F)c(F)c(F)c(F)c1S(=O)(=O)O)C(F)(F)C(F)(F)C(F)(F)F. The van der Waals surface area contributed by atoms with Gasteiger partial charge in [0.1, 0.15) is 4.90 Å². The Labute approximate surface area is 135 Å². The number of carbonyl (C=O) groups is 1. The van der Waals surface area contributed by atoms with Crippen LogP contribution in [0, 0.1) is 23.3 Å². The van der Waals surface area contributed by atoms with Crippen LogP contribution in [-0.2, 0) is 10.1 Å². The maximum atomic E-state index is 13.5. The maximum Gasteiger partial charge on any atom is 0.460 e. The third-order valence-corrected chi connectivity index (χ3v) is 3.64. The molecule has 0 aromatic heterocycles. The van der Waals surface area contributed by atoms with Crippen LogP contribution in [0.5, 0.6) is 0 Å². The van der Waals surface area contributed by atoms with Gasteiger partial charge in [-0.15, -0.1) is 0 Å². The van der Waals surface area contributed by atoms with Crippen LogP contribution in [-0.4, -0.2) is 36.8 Å². The summed E-state index contributed by atoms with van der Waals surface area (Å²) in [6.07, 6.45) is -7.15. The lowest BCUT2D eigenvalue weighted by Gasteiger charge is -2.27. The molecule has 26 heavy (non-hydrogen) atoms. The zero-order valence-electron chi connectivity index (χ0n) is 11.2. The normalized spacial score (nSPS) is 13.8. The predicted molar refractivity (Wildman–Crippen MR) is 56.4 cm³/mol. The molecule has 0 heterocycles. The molecule has 0 saturated heterocycles. The average Bonchev–Trinajstić information content (AvgIpc) is 2.45. The van der Waals surface area contributed by atoms with E-state index in [9.17, 15) is 61.5 Å². The molecule has 1 N–H and O–H groups in total. The van der Waals surface area contributed by atoms with Crippen LogP contribution in [0.4, 0.5) is 48.3 Å². The first kappa shape index (κ1) is 22.1. The minimum atomic E-state index is -7.26. The van der Waals surface area contributed by atoms with E-state index in [4.69, 9.17) is 4.55 Å². The molecular formula is C10HF11O4S. The standard InChI is InChI=1S/C10HF11O4S/c11-2-1(6(26(23,24)25)5(14)4(13)3(2)12)7(22)8(15,16)9(17,18)10(19,20)21/h(H,23,24,25). The Morgan fingerprint density at radius 3 is 1.50 bits per heavy atom. The van der Waals surface area contributed by atoms with Gasteiger partial charge >= 0.3 is 18.0 Å². The first-order chi connectivity index (χ1) is 11.3. The van der Waals surface area contributed by atoms with Crippen molar-refractivity contribution in [3.8, 4) is 0 Å². The summed E-state index contributed by atoms with van der Waals surface area (Å²) in [4.78, 5) is 8.18. The Kier molecular flexibility index (Phi) is 5.12. The van der Waals surface area contributed by atoms with Crippen molar-refractivity contribution in [3.05, 3.63) is 28.8 Å². The smallest absolute Gasteiger partial charge is 0.287 e. The van der Waals surface area contributed by atoms with Crippen molar-refractivity contribution in [3.63, 3.8) is 0 Å². The van der Waals surface area contributed by atoms with Crippen LogP contribution in [0.15, 0.2) is 4.90 Å². The number of halogens is 11. The Morgan fingerprint density at radius 1 is 0.769 bits per heavy atom. The van der Waals surface area contributed by atoms with Crippen molar-refractivity contribution in [2.75, 3.05) is 0 Å². The lowest BCUT2D eigenvalue weighted by molar-refractivity contribution is -0.339. The van der Waals surface area contributed by atoms with Crippen molar-refractivity contribution in [2.45, 2.75) is 22.9 Å². The van der Waals surface area contributed by atoms with Gasteiger partial charge in [0.05, 0.1) is 5.56 Å². The van der Waals surface area contributed by atoms with E-state index < -0.39 is 67.7 Å². The number of alkyl halides is 7. The number of hydrogen-bond acceptors (Lipinski definition) is 3. The summed E-state index contributed by atoms with van der Waals surface area (Å²) in [5, 5.41) is 0. The molecule has 0 spiro atoms. The summed E-state index contributed by atoms with van der Waals surface area (Å²) < 4.78 is 171. The van der Waals surface area contributed by atoms with Gasteiger partial charge in [-0.25, -0.2) is 17.6 Å². The van der Waals surface area contributed by atoms with Gasteiger partial charge in [0, 0.05) is 0 Å². The quantitative estimate of drug-likeness (QED) is 0.263. The molecule has 0 aliphatic heterocycles. The van der Waals surface area contributed by atoms with Gasteiger partial charge in [-0.05, 0) is 0 Å². The molecule has 0 amide bonds. The van der Waals surface area contributed by atoms with Crippen molar-refractivity contribution >= 4 is 15.9 Å². The van der Waals surface area contributed by atoms with Gasteiger partial charge in [-0.3, -0.25) is 9.35 Å². The van der Waals surface area contributed by atoms with E-state index in [1.165, 1.54) is 0 Å². The van der Waals surface area contributed by atoms with Crippen LogP contribution >= 0.6 is 0 Å². The third kappa shape index (κ3) is 3.10. The first-order valence-electron chi connectivity index (χ1n) is 5.50. The minimum Gasteiger partial charge on any atom is -0.287 e. The van der Waals surface area contributed by atoms with Crippen LogP contribution in [0.2, 0.25) is 0 Å². The number of benzene rings is 1. The molecule has 16 heteroatoms. The Bertz CT molecular complexity index is 872. The second kappa shape index (κ2) is 6.04. The largest absolute Gasteiger partial charge is 0.460 e. The molecule has 0 fully saturated rings. The van der Waals surface area contributed by atoms with E-state index >= 15 is 0 Å². The van der Waals surface area contributed by atoms with Crippen LogP contribution in [0.3, 0.4) is 0 Å². The number of hydrogen-bond donors (Lipinski definition) is 1. The molecule has 0 bridgehead atoms. The highest BCUT2D eigenvalue weighted by atomic mass is 32.2. The van der Waals surface area contributed by atoms with E-state index in [-0.39, 0.29) is 0 Å². The van der Waals surface area contributed by atoms with Crippen molar-refractivity contribution in [1.82, 2.24) is 0 Å². The van der Waals surface area contributed by atoms with Gasteiger partial charge in [0.2, 0.25) is 5.78 Å². The van der Waals surface area contributed by atoms with Gasteiger partial charge in [-0.1, -0.05) is 0 Å². The molecule has 0 unspecified atom stereocenters. The summed E-state index contributed by atoms with van der Waals surface area (Å²) >= 11 is 0. The topological polar surface area (TPSA) is 71.4 Å². The van der Waals surface area contributed by atoms with Gasteiger partial charge in [0.15, 0.2) is 23.3 Å². The van der Waals surface area contributed by atoms with Gasteiger partial charge in [-0.2, -0.15) is 39.2 Å². The lowest BCUT2D eigenvalue weighted by atomic mass is 9.98. The summed E-state index contributed by atoms with van der Waals surface area (Å²) in [5.41, 5.74) is -3.27. The van der Waals surface area contributed by atoms with E-state index in [2.05, 4.69) is 0 Å². The second-order valence-corrected chi connectivity index (χ2v) is 5.77. The fraction of sp³-hybridized carbons (Fsp3) is 0.300. The molecule has 1 rings (SSSR count). The summed E-state index contributed by atoms with van der Waals surface area (Å²) in [6, 6.07) is 0. The highest BCUT2D eigenvalue weighted by Gasteiger charge is 2.76. The highest BCUT2D eigenvalue weighted by molar-refractivity contribution is 7.86. The second-order valence-electron chi connectivity index (χ2n) is 4.41. The minimum absolute atomic E-state index is 3.09. The zero-order chi connectivity index (χ0) is 21.0. The molecule has 0 aliphatic carbocycles. The number of Topliss-reactive ketones (excluding diaryl/α,β-unsaturated/α-hetero) is 1. The van der Waals surface area contributed by atoms with Crippen molar-refractivity contribution in [1.29, 1.82) is 0 Å². The summed E-state index contributed by atoms with van der Waals surface area (Å²) in [5.74, 6) is -31.2. The number of rotatable bonds is 4. The van der Waals surface area contributed by atoms with Crippen LogP contribution in [0.25, 0.3) is 0 Å². The van der Waals surface area contributed by atoms with E-state index in [0.717, 1.165) is 0 Å². The van der Waals surface area contributed by atoms with E-state index in [1.807, 2.05) is 0 Å². The molecule has 0 aliphatic rings. The van der Waals surface area contributed by atoms with E-state index in [1.54, 1.807) is 0 Å². The first-order valence-corrected chi connectivity index (χ1v) is 6.94. The molecular weight excluding hydrogens is 425 g/mol. The lowest BCUT2D eigenvalue weighted by Crippen LogP contribution is -2.56. The van der Waals surface area contributed by atoms with Crippen LogP contribution in [0.1, 0.15) is 10.4 Å². The Hall–Kier alpha value is -1.97. The Morgan fingerprint density at radius 2 is 1.15 bits per heavy atom.